The molecule has 4 heteroatoms. The fourth-order valence-electron chi connectivity index (χ4n) is 2.98. The summed E-state index contributed by atoms with van der Waals surface area (Å²) < 4.78 is 7.83. The van der Waals surface area contributed by atoms with Crippen LogP contribution >= 0.6 is 0 Å². The van der Waals surface area contributed by atoms with Crippen LogP contribution in [0.2, 0.25) is 0 Å². The summed E-state index contributed by atoms with van der Waals surface area (Å²) in [5.41, 5.74) is 9.65. The molecule has 1 aliphatic rings. The molecular formula is C16H23N3O. The van der Waals surface area contributed by atoms with E-state index in [2.05, 4.69) is 40.7 Å². The molecule has 0 atom stereocenters. The van der Waals surface area contributed by atoms with Gasteiger partial charge in [-0.25, -0.2) is 0 Å². The number of benzene rings is 1. The maximum absolute atomic E-state index is 5.76. The van der Waals surface area contributed by atoms with Gasteiger partial charge >= 0.3 is 0 Å². The zero-order valence-corrected chi connectivity index (χ0v) is 12.1. The third kappa shape index (κ3) is 2.59. The van der Waals surface area contributed by atoms with E-state index in [4.69, 9.17) is 10.5 Å². The van der Waals surface area contributed by atoms with Gasteiger partial charge in [0.15, 0.2) is 0 Å². The number of hydrogen-bond donors (Lipinski definition) is 1. The fraction of sp³-hybridized carbons (Fsp3) is 0.500. The van der Waals surface area contributed by atoms with Crippen molar-refractivity contribution < 1.29 is 4.74 Å². The van der Waals surface area contributed by atoms with E-state index in [0.29, 0.717) is 6.54 Å². The first-order valence-corrected chi connectivity index (χ1v) is 7.43. The van der Waals surface area contributed by atoms with Crippen LogP contribution in [0.15, 0.2) is 24.3 Å². The number of fused-ring (bicyclic) bond motifs is 1. The second-order valence-electron chi connectivity index (χ2n) is 5.37. The molecule has 1 aliphatic heterocycles. The molecule has 0 bridgehead atoms. The standard InChI is InChI=1S/C16H23N3O/c1-2-19-15(12-18-5-7-20-8-6-18)10-14-4-3-13(11-17)9-16(14)19/h3-4,9-10H,2,5-8,11-12,17H2,1H3. The highest BCUT2D eigenvalue weighted by Gasteiger charge is 2.14. The van der Waals surface area contributed by atoms with Gasteiger partial charge in [-0.3, -0.25) is 4.90 Å². The van der Waals surface area contributed by atoms with E-state index in [9.17, 15) is 0 Å². The zero-order valence-electron chi connectivity index (χ0n) is 12.1. The van der Waals surface area contributed by atoms with Crippen molar-refractivity contribution in [3.05, 3.63) is 35.5 Å². The summed E-state index contributed by atoms with van der Waals surface area (Å²) in [5.74, 6) is 0. The van der Waals surface area contributed by atoms with Gasteiger partial charge in [-0.1, -0.05) is 12.1 Å². The fourth-order valence-corrected chi connectivity index (χ4v) is 2.98. The molecule has 1 saturated heterocycles. The number of ether oxygens (including phenoxy) is 1. The van der Waals surface area contributed by atoms with Crippen LogP contribution in [0, 0.1) is 0 Å². The molecule has 0 radical (unpaired) electrons. The van der Waals surface area contributed by atoms with Gasteiger partial charge in [0.25, 0.3) is 0 Å². The van der Waals surface area contributed by atoms with Crippen LogP contribution in [0.25, 0.3) is 10.9 Å². The summed E-state index contributed by atoms with van der Waals surface area (Å²) in [4.78, 5) is 2.47. The highest BCUT2D eigenvalue weighted by atomic mass is 16.5. The number of hydrogen-bond acceptors (Lipinski definition) is 3. The highest BCUT2D eigenvalue weighted by Crippen LogP contribution is 2.23. The lowest BCUT2D eigenvalue weighted by atomic mass is 10.1. The number of rotatable bonds is 4. The average molecular weight is 273 g/mol. The highest BCUT2D eigenvalue weighted by molar-refractivity contribution is 5.82. The Bertz CT molecular complexity index is 585. The average Bonchev–Trinajstić information content (AvgIpc) is 2.84. The molecule has 1 aromatic heterocycles. The normalized spacial score (nSPS) is 16.9. The second-order valence-corrected chi connectivity index (χ2v) is 5.37. The van der Waals surface area contributed by atoms with E-state index in [1.807, 2.05) is 0 Å². The molecule has 1 aromatic carbocycles. The Balaban J connectivity index is 1.93. The smallest absolute Gasteiger partial charge is 0.0594 e. The van der Waals surface area contributed by atoms with Gasteiger partial charge in [0.1, 0.15) is 0 Å². The molecule has 0 amide bonds. The third-order valence-electron chi connectivity index (χ3n) is 4.10. The molecule has 20 heavy (non-hydrogen) atoms. The summed E-state index contributed by atoms with van der Waals surface area (Å²) >= 11 is 0. The van der Waals surface area contributed by atoms with E-state index < -0.39 is 0 Å². The molecular weight excluding hydrogens is 250 g/mol. The summed E-state index contributed by atoms with van der Waals surface area (Å²) in [7, 11) is 0. The number of nitrogens with two attached hydrogens (primary N) is 1. The minimum atomic E-state index is 0.601. The van der Waals surface area contributed by atoms with Crippen LogP contribution in [-0.2, 0) is 24.4 Å². The Hall–Kier alpha value is -1.36. The Kier molecular flexibility index (Phi) is 4.05. The molecule has 0 unspecified atom stereocenters. The topological polar surface area (TPSA) is 43.4 Å². The predicted octanol–water partition coefficient (Wildman–Crippen LogP) is 1.95. The quantitative estimate of drug-likeness (QED) is 0.926. The minimum Gasteiger partial charge on any atom is -0.379 e. The number of aromatic nitrogens is 1. The molecule has 0 aliphatic carbocycles. The maximum atomic E-state index is 5.76. The SMILES string of the molecule is CCn1c(CN2CCOCC2)cc2ccc(CN)cc21. The lowest BCUT2D eigenvalue weighted by molar-refractivity contribution is 0.0332. The van der Waals surface area contributed by atoms with E-state index >= 15 is 0 Å². The first-order chi connectivity index (χ1) is 9.81. The molecule has 2 aromatic rings. The molecule has 108 valence electrons. The zero-order chi connectivity index (χ0) is 13.9. The van der Waals surface area contributed by atoms with Crippen LogP contribution in [-0.4, -0.2) is 35.8 Å². The molecule has 2 heterocycles. The minimum absolute atomic E-state index is 0.601. The van der Waals surface area contributed by atoms with Gasteiger partial charge in [-0.2, -0.15) is 0 Å². The van der Waals surface area contributed by atoms with Gasteiger partial charge in [0.2, 0.25) is 0 Å². The largest absolute Gasteiger partial charge is 0.379 e. The Morgan fingerprint density at radius 3 is 2.70 bits per heavy atom. The van der Waals surface area contributed by atoms with E-state index in [-0.39, 0.29) is 0 Å². The van der Waals surface area contributed by atoms with Gasteiger partial charge in [-0.05, 0) is 30.0 Å². The van der Waals surface area contributed by atoms with Crippen LogP contribution in [0.3, 0.4) is 0 Å². The Labute approximate surface area is 120 Å². The number of aryl methyl sites for hydroxylation is 1. The Morgan fingerprint density at radius 1 is 1.20 bits per heavy atom. The monoisotopic (exact) mass is 273 g/mol. The second kappa shape index (κ2) is 5.95. The molecule has 0 saturated carbocycles. The van der Waals surface area contributed by atoms with Crippen molar-refractivity contribution in [2.45, 2.75) is 26.6 Å². The Morgan fingerprint density at radius 2 is 2.00 bits per heavy atom. The van der Waals surface area contributed by atoms with Crippen molar-refractivity contribution in [2.24, 2.45) is 5.73 Å². The lowest BCUT2D eigenvalue weighted by Gasteiger charge is -2.26. The lowest BCUT2D eigenvalue weighted by Crippen LogP contribution is -2.36. The van der Waals surface area contributed by atoms with Crippen molar-refractivity contribution in [2.75, 3.05) is 26.3 Å². The number of nitrogens with zero attached hydrogens (tertiary/aromatic N) is 2. The van der Waals surface area contributed by atoms with Crippen molar-refractivity contribution in [1.82, 2.24) is 9.47 Å². The van der Waals surface area contributed by atoms with Crippen molar-refractivity contribution in [1.29, 1.82) is 0 Å². The summed E-state index contributed by atoms with van der Waals surface area (Å²) in [6.07, 6.45) is 0. The first-order valence-electron chi connectivity index (χ1n) is 7.43. The van der Waals surface area contributed by atoms with Gasteiger partial charge < -0.3 is 15.0 Å². The molecule has 4 nitrogen and oxygen atoms in total. The van der Waals surface area contributed by atoms with E-state index in [1.165, 1.54) is 22.2 Å². The first kappa shape index (κ1) is 13.6. The maximum Gasteiger partial charge on any atom is 0.0594 e. The predicted molar refractivity (Wildman–Crippen MR) is 81.6 cm³/mol. The van der Waals surface area contributed by atoms with Crippen LogP contribution < -0.4 is 5.73 Å². The van der Waals surface area contributed by atoms with Crippen molar-refractivity contribution in [3.8, 4) is 0 Å². The summed E-state index contributed by atoms with van der Waals surface area (Å²) in [6, 6.07) is 8.85. The molecule has 1 fully saturated rings. The van der Waals surface area contributed by atoms with Gasteiger partial charge in [0.05, 0.1) is 13.2 Å². The molecule has 2 N–H and O–H groups in total. The van der Waals surface area contributed by atoms with Crippen LogP contribution in [0.4, 0.5) is 0 Å². The molecule has 3 rings (SSSR count). The summed E-state index contributed by atoms with van der Waals surface area (Å²) in [6.45, 7) is 8.56. The van der Waals surface area contributed by atoms with Crippen LogP contribution in [0.1, 0.15) is 18.2 Å². The third-order valence-corrected chi connectivity index (χ3v) is 4.10. The van der Waals surface area contributed by atoms with E-state index in [0.717, 1.165) is 39.4 Å². The van der Waals surface area contributed by atoms with Crippen molar-refractivity contribution in [3.63, 3.8) is 0 Å². The molecule has 0 spiro atoms. The summed E-state index contributed by atoms with van der Waals surface area (Å²) in [5, 5.41) is 1.31. The number of morpholine rings is 1. The van der Waals surface area contributed by atoms with Crippen molar-refractivity contribution >= 4 is 10.9 Å². The van der Waals surface area contributed by atoms with E-state index in [1.54, 1.807) is 0 Å². The van der Waals surface area contributed by atoms with Gasteiger partial charge in [0, 0.05) is 43.9 Å². The van der Waals surface area contributed by atoms with Gasteiger partial charge in [-0.15, -0.1) is 0 Å². The van der Waals surface area contributed by atoms with Crippen LogP contribution in [0.5, 0.6) is 0 Å².